The first-order valence-corrected chi connectivity index (χ1v) is 4.89. The van der Waals surface area contributed by atoms with Gasteiger partial charge in [-0.2, -0.15) is 0 Å². The van der Waals surface area contributed by atoms with Crippen LogP contribution in [0.5, 0.6) is 0 Å². The largest absolute Gasteiger partial charge is 0.354 e. The fourth-order valence-electron chi connectivity index (χ4n) is 1.96. The molecule has 0 aliphatic carbocycles. The molecule has 0 amide bonds. The third-order valence-electron chi connectivity index (χ3n) is 2.70. The summed E-state index contributed by atoms with van der Waals surface area (Å²) >= 11 is 0. The second-order valence-electron chi connectivity index (χ2n) is 3.62. The summed E-state index contributed by atoms with van der Waals surface area (Å²) < 4.78 is 0. The molecule has 3 aromatic rings. The standard InChI is InChI=1S/C13H10N2/c14-8-9-5-6-11-10-3-1-2-4-12(10)15-13(11)7-9/h1-8,14-15H. The summed E-state index contributed by atoms with van der Waals surface area (Å²) in [7, 11) is 0. The van der Waals surface area contributed by atoms with Gasteiger partial charge in [-0.15, -0.1) is 0 Å². The van der Waals surface area contributed by atoms with E-state index in [4.69, 9.17) is 5.41 Å². The lowest BCUT2D eigenvalue weighted by atomic mass is 10.1. The van der Waals surface area contributed by atoms with Gasteiger partial charge in [0, 0.05) is 28.0 Å². The molecule has 2 nitrogen and oxygen atoms in total. The summed E-state index contributed by atoms with van der Waals surface area (Å²) in [4.78, 5) is 3.35. The Labute approximate surface area is 87.1 Å². The van der Waals surface area contributed by atoms with Gasteiger partial charge in [-0.3, -0.25) is 0 Å². The van der Waals surface area contributed by atoms with Gasteiger partial charge < -0.3 is 10.4 Å². The molecule has 0 aliphatic heterocycles. The Morgan fingerprint density at radius 3 is 2.60 bits per heavy atom. The molecule has 2 N–H and O–H groups in total. The van der Waals surface area contributed by atoms with Gasteiger partial charge in [-0.25, -0.2) is 0 Å². The summed E-state index contributed by atoms with van der Waals surface area (Å²) in [6, 6.07) is 14.3. The topological polar surface area (TPSA) is 39.6 Å². The number of hydrogen-bond acceptors (Lipinski definition) is 1. The number of hydrogen-bond donors (Lipinski definition) is 2. The molecule has 1 aromatic heterocycles. The fraction of sp³-hybridized carbons (Fsp3) is 0. The third-order valence-corrected chi connectivity index (χ3v) is 2.70. The van der Waals surface area contributed by atoms with Crippen LogP contribution in [0.4, 0.5) is 0 Å². The molecule has 0 saturated heterocycles. The van der Waals surface area contributed by atoms with E-state index in [2.05, 4.69) is 23.2 Å². The quantitative estimate of drug-likeness (QED) is 0.558. The van der Waals surface area contributed by atoms with E-state index in [0.29, 0.717) is 0 Å². The Kier molecular flexibility index (Phi) is 1.62. The van der Waals surface area contributed by atoms with Crippen molar-refractivity contribution in [2.75, 3.05) is 0 Å². The van der Waals surface area contributed by atoms with Gasteiger partial charge in [-0.05, 0) is 17.7 Å². The highest BCUT2D eigenvalue weighted by Gasteiger charge is 2.02. The van der Waals surface area contributed by atoms with Crippen LogP contribution in [0.3, 0.4) is 0 Å². The van der Waals surface area contributed by atoms with E-state index >= 15 is 0 Å². The second-order valence-corrected chi connectivity index (χ2v) is 3.62. The minimum atomic E-state index is 0.925. The molecule has 0 saturated carbocycles. The van der Waals surface area contributed by atoms with Crippen molar-refractivity contribution in [1.29, 1.82) is 5.41 Å². The van der Waals surface area contributed by atoms with Gasteiger partial charge in [0.15, 0.2) is 0 Å². The molecule has 0 bridgehead atoms. The summed E-state index contributed by atoms with van der Waals surface area (Å²) in [6.45, 7) is 0. The molecule has 2 heteroatoms. The molecule has 0 fully saturated rings. The van der Waals surface area contributed by atoms with Crippen molar-refractivity contribution in [3.63, 3.8) is 0 Å². The van der Waals surface area contributed by atoms with Crippen molar-refractivity contribution >= 4 is 28.0 Å². The fourth-order valence-corrected chi connectivity index (χ4v) is 1.96. The minimum Gasteiger partial charge on any atom is -0.354 e. The van der Waals surface area contributed by atoms with Crippen LogP contribution in [-0.2, 0) is 0 Å². The molecule has 1 heterocycles. The van der Waals surface area contributed by atoms with Crippen molar-refractivity contribution in [2.45, 2.75) is 0 Å². The molecule has 0 spiro atoms. The van der Waals surface area contributed by atoms with Gasteiger partial charge in [0.1, 0.15) is 0 Å². The van der Waals surface area contributed by atoms with Crippen LogP contribution in [0, 0.1) is 5.41 Å². The zero-order valence-corrected chi connectivity index (χ0v) is 8.12. The highest BCUT2D eigenvalue weighted by molar-refractivity contribution is 6.08. The lowest BCUT2D eigenvalue weighted by Crippen LogP contribution is -1.77. The van der Waals surface area contributed by atoms with Crippen LogP contribution in [-0.4, -0.2) is 11.2 Å². The van der Waals surface area contributed by atoms with Gasteiger partial charge >= 0.3 is 0 Å². The van der Waals surface area contributed by atoms with E-state index in [-0.39, 0.29) is 0 Å². The van der Waals surface area contributed by atoms with Crippen LogP contribution < -0.4 is 0 Å². The highest BCUT2D eigenvalue weighted by Crippen LogP contribution is 2.25. The molecular formula is C13H10N2. The number of rotatable bonds is 1. The number of aromatic nitrogens is 1. The SMILES string of the molecule is N=Cc1ccc2c(c1)[nH]c1ccccc12. The second kappa shape index (κ2) is 2.95. The number of H-pyrrole nitrogens is 1. The molecule has 3 rings (SSSR count). The van der Waals surface area contributed by atoms with Gasteiger partial charge in [0.25, 0.3) is 0 Å². The molecule has 0 radical (unpaired) electrons. The van der Waals surface area contributed by atoms with E-state index in [1.54, 1.807) is 0 Å². The van der Waals surface area contributed by atoms with Crippen molar-refractivity contribution in [3.8, 4) is 0 Å². The lowest BCUT2D eigenvalue weighted by molar-refractivity contribution is 1.52. The number of benzene rings is 2. The normalized spacial score (nSPS) is 10.9. The third kappa shape index (κ3) is 1.15. The Morgan fingerprint density at radius 1 is 0.933 bits per heavy atom. The van der Waals surface area contributed by atoms with E-state index in [1.165, 1.54) is 17.0 Å². The maximum Gasteiger partial charge on any atom is 0.0471 e. The monoisotopic (exact) mass is 194 g/mol. The van der Waals surface area contributed by atoms with Crippen molar-refractivity contribution in [3.05, 3.63) is 48.0 Å². The van der Waals surface area contributed by atoms with Crippen LogP contribution in [0.25, 0.3) is 21.8 Å². The number of nitrogens with one attached hydrogen (secondary N) is 2. The minimum absolute atomic E-state index is 0.925. The first-order chi connectivity index (χ1) is 7.38. The Morgan fingerprint density at radius 2 is 1.73 bits per heavy atom. The van der Waals surface area contributed by atoms with E-state index in [1.807, 2.05) is 24.3 Å². The van der Waals surface area contributed by atoms with E-state index in [0.717, 1.165) is 16.6 Å². The number of aromatic amines is 1. The summed E-state index contributed by atoms with van der Waals surface area (Å²) in [5, 5.41) is 9.67. The smallest absolute Gasteiger partial charge is 0.0471 e. The lowest BCUT2D eigenvalue weighted by Gasteiger charge is -1.92. The molecule has 15 heavy (non-hydrogen) atoms. The molecule has 0 atom stereocenters. The van der Waals surface area contributed by atoms with Crippen molar-refractivity contribution in [1.82, 2.24) is 4.98 Å². The van der Waals surface area contributed by atoms with Crippen molar-refractivity contribution < 1.29 is 0 Å². The molecular weight excluding hydrogens is 184 g/mol. The molecule has 0 aliphatic rings. The summed E-state index contributed by atoms with van der Waals surface area (Å²) in [6.07, 6.45) is 1.37. The molecule has 0 unspecified atom stereocenters. The summed E-state index contributed by atoms with van der Waals surface area (Å²) in [5.74, 6) is 0. The first kappa shape index (κ1) is 8.24. The Balaban J connectivity index is 2.48. The van der Waals surface area contributed by atoms with Gasteiger partial charge in [-0.1, -0.05) is 30.3 Å². The molecule has 72 valence electrons. The predicted molar refractivity (Wildman–Crippen MR) is 63.7 cm³/mol. The highest BCUT2D eigenvalue weighted by atomic mass is 14.7. The zero-order valence-electron chi connectivity index (χ0n) is 8.12. The average Bonchev–Trinajstić information content (AvgIpc) is 2.66. The maximum absolute atomic E-state index is 7.21. The van der Waals surface area contributed by atoms with E-state index < -0.39 is 0 Å². The van der Waals surface area contributed by atoms with Crippen LogP contribution >= 0.6 is 0 Å². The van der Waals surface area contributed by atoms with Crippen LogP contribution in [0.15, 0.2) is 42.5 Å². The number of para-hydroxylation sites is 1. The van der Waals surface area contributed by atoms with E-state index in [9.17, 15) is 0 Å². The Hall–Kier alpha value is -2.09. The predicted octanol–water partition coefficient (Wildman–Crippen LogP) is 3.32. The Bertz CT molecular complexity index is 650. The van der Waals surface area contributed by atoms with Gasteiger partial charge in [0.05, 0.1) is 0 Å². The average molecular weight is 194 g/mol. The zero-order chi connectivity index (χ0) is 10.3. The van der Waals surface area contributed by atoms with Crippen molar-refractivity contribution in [2.24, 2.45) is 0 Å². The van der Waals surface area contributed by atoms with Gasteiger partial charge in [0.2, 0.25) is 0 Å². The van der Waals surface area contributed by atoms with Crippen LogP contribution in [0.1, 0.15) is 5.56 Å². The first-order valence-electron chi connectivity index (χ1n) is 4.89. The number of fused-ring (bicyclic) bond motifs is 3. The molecule has 2 aromatic carbocycles. The van der Waals surface area contributed by atoms with Crippen LogP contribution in [0.2, 0.25) is 0 Å². The maximum atomic E-state index is 7.21. The summed E-state index contributed by atoms with van der Waals surface area (Å²) in [5.41, 5.74) is 3.17.